The summed E-state index contributed by atoms with van der Waals surface area (Å²) in [7, 11) is 0. The van der Waals surface area contributed by atoms with Gasteiger partial charge in [-0.25, -0.2) is 4.98 Å². The van der Waals surface area contributed by atoms with E-state index in [0.29, 0.717) is 10.2 Å². The van der Waals surface area contributed by atoms with E-state index in [9.17, 15) is 4.79 Å². The highest BCUT2D eigenvalue weighted by molar-refractivity contribution is 7.99. The lowest BCUT2D eigenvalue weighted by atomic mass is 10.3. The number of para-hydroxylation sites is 1. The molecule has 1 aromatic heterocycles. The quantitative estimate of drug-likeness (QED) is 0.829. The fourth-order valence-electron chi connectivity index (χ4n) is 1.75. The van der Waals surface area contributed by atoms with Crippen molar-refractivity contribution in [2.45, 2.75) is 11.7 Å². The molecule has 1 N–H and O–H groups in total. The van der Waals surface area contributed by atoms with Crippen LogP contribution in [0.3, 0.4) is 0 Å². The van der Waals surface area contributed by atoms with E-state index < -0.39 is 5.97 Å². The Bertz CT molecular complexity index is 601. The molecule has 102 valence electrons. The molecule has 7 heteroatoms. The first-order valence-corrected chi connectivity index (χ1v) is 8.37. The molecule has 0 spiro atoms. The number of halogens is 1. The lowest BCUT2D eigenvalue weighted by molar-refractivity contribution is -0.133. The van der Waals surface area contributed by atoms with E-state index in [2.05, 4.69) is 4.98 Å². The number of carboxylic acids is 1. The molecule has 1 aromatic carbocycles. The number of aryl methyl sites for hydroxylation is 1. The lowest BCUT2D eigenvalue weighted by Gasteiger charge is -2.07. The van der Waals surface area contributed by atoms with Crippen molar-refractivity contribution in [1.29, 1.82) is 0 Å². The average Bonchev–Trinajstić information content (AvgIpc) is 2.73. The Labute approximate surface area is 124 Å². The number of hydrogen-bond donors (Lipinski definition) is 1. The minimum atomic E-state index is -0.848. The van der Waals surface area contributed by atoms with Crippen molar-refractivity contribution in [3.05, 3.63) is 23.2 Å². The van der Waals surface area contributed by atoms with E-state index in [4.69, 9.17) is 16.7 Å². The number of rotatable bonds is 6. The Balaban J connectivity index is 2.42. The molecule has 2 aromatic rings. The highest BCUT2D eigenvalue weighted by Gasteiger charge is 2.14. The predicted octanol–water partition coefficient (Wildman–Crippen LogP) is 3.23. The van der Waals surface area contributed by atoms with Gasteiger partial charge in [-0.05, 0) is 18.4 Å². The first-order chi connectivity index (χ1) is 9.13. The maximum atomic E-state index is 10.7. The molecule has 0 atom stereocenters. The van der Waals surface area contributed by atoms with Crippen LogP contribution in [0.25, 0.3) is 11.0 Å². The standard InChI is InChI=1S/C12H13ClN2O2S2/c1-18-6-5-15-11-8(13)3-2-4-9(11)14-12(15)19-7-10(16)17/h2-4H,5-7H2,1H3,(H,16,17). The molecule has 19 heavy (non-hydrogen) atoms. The Hall–Kier alpha value is -0.850. The summed E-state index contributed by atoms with van der Waals surface area (Å²) in [6, 6.07) is 5.57. The van der Waals surface area contributed by atoms with Gasteiger partial charge in [0.05, 0.1) is 21.8 Å². The number of nitrogens with zero attached hydrogens (tertiary/aromatic N) is 2. The topological polar surface area (TPSA) is 55.1 Å². The first kappa shape index (κ1) is 14.6. The molecule has 0 saturated heterocycles. The number of carbonyl (C=O) groups is 1. The summed E-state index contributed by atoms with van der Waals surface area (Å²) in [6.07, 6.45) is 2.03. The number of hydrogen-bond acceptors (Lipinski definition) is 4. The molecule has 0 fully saturated rings. The highest BCUT2D eigenvalue weighted by Crippen LogP contribution is 2.29. The highest BCUT2D eigenvalue weighted by atomic mass is 35.5. The van der Waals surface area contributed by atoms with Crippen molar-refractivity contribution in [1.82, 2.24) is 9.55 Å². The van der Waals surface area contributed by atoms with E-state index in [1.54, 1.807) is 11.8 Å². The molecule has 0 aliphatic heterocycles. The van der Waals surface area contributed by atoms with Crippen molar-refractivity contribution < 1.29 is 9.90 Å². The largest absolute Gasteiger partial charge is 0.481 e. The fourth-order valence-corrected chi connectivity index (χ4v) is 3.14. The molecular formula is C12H13ClN2O2S2. The van der Waals surface area contributed by atoms with Crippen LogP contribution in [0.15, 0.2) is 23.4 Å². The Morgan fingerprint density at radius 2 is 2.32 bits per heavy atom. The van der Waals surface area contributed by atoms with Crippen molar-refractivity contribution in [2.75, 3.05) is 17.8 Å². The second kappa shape index (κ2) is 6.54. The number of thioether (sulfide) groups is 2. The summed E-state index contributed by atoms with van der Waals surface area (Å²) in [5.41, 5.74) is 1.69. The molecule has 0 unspecified atom stereocenters. The summed E-state index contributed by atoms with van der Waals surface area (Å²) in [5.74, 6) is 0.0805. The van der Waals surface area contributed by atoms with Gasteiger partial charge in [0.1, 0.15) is 0 Å². The summed E-state index contributed by atoms with van der Waals surface area (Å²) >= 11 is 9.18. The van der Waals surface area contributed by atoms with Gasteiger partial charge in [0.2, 0.25) is 0 Å². The smallest absolute Gasteiger partial charge is 0.313 e. The van der Waals surface area contributed by atoms with E-state index in [-0.39, 0.29) is 5.75 Å². The first-order valence-electron chi connectivity index (χ1n) is 5.61. The Kier molecular flexibility index (Phi) is 5.01. The maximum Gasteiger partial charge on any atom is 0.313 e. The van der Waals surface area contributed by atoms with Gasteiger partial charge in [-0.2, -0.15) is 11.8 Å². The molecule has 1 heterocycles. The molecule has 0 amide bonds. The molecule has 0 bridgehead atoms. The van der Waals surface area contributed by atoms with Crippen LogP contribution in [0.5, 0.6) is 0 Å². The van der Waals surface area contributed by atoms with Crippen molar-refractivity contribution in [3.8, 4) is 0 Å². The zero-order valence-electron chi connectivity index (χ0n) is 10.3. The van der Waals surface area contributed by atoms with Gasteiger partial charge < -0.3 is 9.67 Å². The van der Waals surface area contributed by atoms with E-state index >= 15 is 0 Å². The normalized spacial score (nSPS) is 11.1. The number of aromatic nitrogens is 2. The second-order valence-electron chi connectivity index (χ2n) is 3.83. The van der Waals surface area contributed by atoms with Crippen LogP contribution < -0.4 is 0 Å². The molecule has 0 aliphatic carbocycles. The fraction of sp³-hybridized carbons (Fsp3) is 0.333. The van der Waals surface area contributed by atoms with Gasteiger partial charge in [0, 0.05) is 12.3 Å². The molecule has 4 nitrogen and oxygen atoms in total. The molecule has 2 rings (SSSR count). The van der Waals surface area contributed by atoms with Gasteiger partial charge in [0.15, 0.2) is 5.16 Å². The van der Waals surface area contributed by atoms with Crippen LogP contribution in [-0.4, -0.2) is 38.4 Å². The third-order valence-electron chi connectivity index (χ3n) is 2.53. The zero-order chi connectivity index (χ0) is 13.8. The van der Waals surface area contributed by atoms with Crippen LogP contribution in [0.4, 0.5) is 0 Å². The van der Waals surface area contributed by atoms with Crippen LogP contribution in [-0.2, 0) is 11.3 Å². The number of imidazole rings is 1. The van der Waals surface area contributed by atoms with Crippen molar-refractivity contribution in [3.63, 3.8) is 0 Å². The average molecular weight is 317 g/mol. The number of fused-ring (bicyclic) bond motifs is 1. The zero-order valence-corrected chi connectivity index (χ0v) is 12.7. The summed E-state index contributed by atoms with van der Waals surface area (Å²) in [5, 5.41) is 10.1. The summed E-state index contributed by atoms with van der Waals surface area (Å²) < 4.78 is 2.00. The minimum Gasteiger partial charge on any atom is -0.481 e. The lowest BCUT2D eigenvalue weighted by Crippen LogP contribution is -2.05. The summed E-state index contributed by atoms with van der Waals surface area (Å²) in [6.45, 7) is 0.767. The van der Waals surface area contributed by atoms with Crippen LogP contribution in [0, 0.1) is 0 Å². The Morgan fingerprint density at radius 3 is 3.00 bits per heavy atom. The van der Waals surface area contributed by atoms with Gasteiger partial charge in [-0.15, -0.1) is 0 Å². The van der Waals surface area contributed by atoms with Gasteiger partial charge in [-0.1, -0.05) is 29.4 Å². The number of carboxylic acid groups (broad SMARTS) is 1. The molecular weight excluding hydrogens is 304 g/mol. The monoisotopic (exact) mass is 316 g/mol. The van der Waals surface area contributed by atoms with Crippen molar-refractivity contribution >= 4 is 52.1 Å². The SMILES string of the molecule is CSCCn1c(SCC(=O)O)nc2cccc(Cl)c21. The third-order valence-corrected chi connectivity index (χ3v) is 4.38. The van der Waals surface area contributed by atoms with E-state index in [0.717, 1.165) is 23.3 Å². The van der Waals surface area contributed by atoms with Crippen LogP contribution in [0.1, 0.15) is 0 Å². The van der Waals surface area contributed by atoms with Gasteiger partial charge in [0.25, 0.3) is 0 Å². The van der Waals surface area contributed by atoms with Crippen molar-refractivity contribution in [2.24, 2.45) is 0 Å². The predicted molar refractivity (Wildman–Crippen MR) is 81.5 cm³/mol. The molecule has 0 saturated carbocycles. The Morgan fingerprint density at radius 1 is 1.53 bits per heavy atom. The van der Waals surface area contributed by atoms with E-state index in [1.165, 1.54) is 11.8 Å². The van der Waals surface area contributed by atoms with E-state index in [1.807, 2.05) is 29.0 Å². The maximum absolute atomic E-state index is 10.7. The van der Waals surface area contributed by atoms with Gasteiger partial charge in [-0.3, -0.25) is 4.79 Å². The van der Waals surface area contributed by atoms with Crippen LogP contribution >= 0.6 is 35.1 Å². The molecule has 0 radical (unpaired) electrons. The number of benzene rings is 1. The van der Waals surface area contributed by atoms with Crippen LogP contribution in [0.2, 0.25) is 5.02 Å². The summed E-state index contributed by atoms with van der Waals surface area (Å²) in [4.78, 5) is 15.2. The molecule has 0 aliphatic rings. The van der Waals surface area contributed by atoms with Gasteiger partial charge >= 0.3 is 5.97 Å². The third kappa shape index (κ3) is 3.38. The number of aliphatic carboxylic acids is 1. The minimum absolute atomic E-state index is 0.000207. The second-order valence-corrected chi connectivity index (χ2v) is 6.16.